The van der Waals surface area contributed by atoms with E-state index in [1.54, 1.807) is 0 Å². The number of Topliss-reactive ketones (excluding diaryl/α,β-unsaturated/α-hetero) is 1. The quantitative estimate of drug-likeness (QED) is 0.347. The van der Waals surface area contributed by atoms with E-state index in [0.717, 1.165) is 22.3 Å². The van der Waals surface area contributed by atoms with E-state index in [0.29, 0.717) is 26.3 Å². The van der Waals surface area contributed by atoms with Crippen molar-refractivity contribution in [3.63, 3.8) is 0 Å². The molecule has 1 atom stereocenters. The molecule has 34 heavy (non-hydrogen) atoms. The van der Waals surface area contributed by atoms with Crippen LogP contribution in [0.4, 0.5) is 0 Å². The highest BCUT2D eigenvalue weighted by molar-refractivity contribution is 7.89. The van der Waals surface area contributed by atoms with Crippen molar-refractivity contribution in [3.8, 4) is 0 Å². The number of sulfonamides is 1. The number of ketones is 1. The van der Waals surface area contributed by atoms with Crippen LogP contribution in [0.1, 0.15) is 16.5 Å². The lowest BCUT2D eigenvalue weighted by Gasteiger charge is -2.30. The first-order valence-corrected chi connectivity index (χ1v) is 13.2. The number of hydrogen-bond donors (Lipinski definition) is 1. The molecule has 0 aliphatic carbocycles. The number of aliphatic hydroxyl groups is 1. The van der Waals surface area contributed by atoms with E-state index in [1.165, 1.54) is 54.6 Å². The van der Waals surface area contributed by atoms with Crippen LogP contribution in [-0.4, -0.2) is 92.8 Å². The molecule has 1 amide bonds. The van der Waals surface area contributed by atoms with Crippen molar-refractivity contribution in [1.29, 1.82) is 0 Å². The SMILES string of the molecule is CN(C)S(=O)(=O)c1ccc(C(O)=C2C(=O)C(=O)N(CCN3CCOCC3)[C@H]2c2cccs2)cc1. The number of nitrogens with zero attached hydrogens (tertiary/aromatic N) is 3. The topological polar surface area (TPSA) is 107 Å². The van der Waals surface area contributed by atoms with Crippen LogP contribution >= 0.6 is 11.3 Å². The number of hydrogen-bond acceptors (Lipinski definition) is 8. The van der Waals surface area contributed by atoms with E-state index in [-0.39, 0.29) is 21.8 Å². The Labute approximate surface area is 202 Å². The van der Waals surface area contributed by atoms with E-state index in [9.17, 15) is 23.1 Å². The van der Waals surface area contributed by atoms with Gasteiger partial charge in [-0.2, -0.15) is 0 Å². The Morgan fingerprint density at radius 2 is 1.79 bits per heavy atom. The molecule has 9 nitrogen and oxygen atoms in total. The van der Waals surface area contributed by atoms with E-state index in [2.05, 4.69) is 4.90 Å². The van der Waals surface area contributed by atoms with Crippen LogP contribution in [-0.2, 0) is 24.3 Å². The number of carbonyl (C=O) groups excluding carboxylic acids is 2. The summed E-state index contributed by atoms with van der Waals surface area (Å²) in [6.45, 7) is 3.71. The van der Waals surface area contributed by atoms with Crippen molar-refractivity contribution in [1.82, 2.24) is 14.1 Å². The van der Waals surface area contributed by atoms with Gasteiger partial charge in [0.15, 0.2) is 0 Å². The second-order valence-corrected chi connectivity index (χ2v) is 11.4. The molecule has 2 fully saturated rings. The Kier molecular flexibility index (Phi) is 7.20. The summed E-state index contributed by atoms with van der Waals surface area (Å²) in [7, 11) is -0.770. The zero-order chi connectivity index (χ0) is 24.5. The van der Waals surface area contributed by atoms with Gasteiger partial charge in [-0.3, -0.25) is 14.5 Å². The van der Waals surface area contributed by atoms with Crippen LogP contribution in [0.25, 0.3) is 5.76 Å². The minimum Gasteiger partial charge on any atom is -0.507 e. The van der Waals surface area contributed by atoms with Crippen molar-refractivity contribution >= 4 is 38.8 Å². The summed E-state index contributed by atoms with van der Waals surface area (Å²) < 4.78 is 31.2. The Hall–Kier alpha value is -2.57. The molecule has 2 aliphatic rings. The van der Waals surface area contributed by atoms with Gasteiger partial charge in [0.2, 0.25) is 10.0 Å². The van der Waals surface area contributed by atoms with Gasteiger partial charge in [0.05, 0.1) is 29.7 Å². The number of ether oxygens (including phenoxy) is 1. The van der Waals surface area contributed by atoms with Gasteiger partial charge in [0, 0.05) is 50.7 Å². The van der Waals surface area contributed by atoms with Crippen LogP contribution in [0.3, 0.4) is 0 Å². The lowest BCUT2D eigenvalue weighted by atomic mass is 10.00. The third-order valence-corrected chi connectivity index (χ3v) is 8.77. The van der Waals surface area contributed by atoms with E-state index >= 15 is 0 Å². The largest absolute Gasteiger partial charge is 0.507 e. The van der Waals surface area contributed by atoms with Gasteiger partial charge < -0.3 is 14.7 Å². The third-order valence-electron chi connectivity index (χ3n) is 6.02. The molecule has 0 saturated carbocycles. The van der Waals surface area contributed by atoms with Gasteiger partial charge >= 0.3 is 0 Å². The average Bonchev–Trinajstić information content (AvgIpc) is 3.45. The van der Waals surface area contributed by atoms with Crippen molar-refractivity contribution < 1.29 is 27.9 Å². The summed E-state index contributed by atoms with van der Waals surface area (Å²) in [5.74, 6) is -1.72. The lowest BCUT2D eigenvalue weighted by Crippen LogP contribution is -2.42. The number of amides is 1. The molecule has 0 bridgehead atoms. The molecule has 2 aliphatic heterocycles. The summed E-state index contributed by atoms with van der Waals surface area (Å²) >= 11 is 1.40. The molecule has 182 valence electrons. The molecule has 1 aromatic carbocycles. The van der Waals surface area contributed by atoms with Gasteiger partial charge in [0.25, 0.3) is 11.7 Å². The van der Waals surface area contributed by atoms with Crippen molar-refractivity contribution in [2.45, 2.75) is 10.9 Å². The first-order valence-electron chi connectivity index (χ1n) is 10.9. The Bertz CT molecular complexity index is 1180. The first-order chi connectivity index (χ1) is 16.2. The number of likely N-dealkylation sites (tertiary alicyclic amines) is 1. The highest BCUT2D eigenvalue weighted by Crippen LogP contribution is 2.41. The van der Waals surface area contributed by atoms with Crippen LogP contribution in [0.5, 0.6) is 0 Å². The molecule has 2 saturated heterocycles. The van der Waals surface area contributed by atoms with Gasteiger partial charge in [-0.05, 0) is 35.7 Å². The van der Waals surface area contributed by atoms with E-state index < -0.39 is 27.8 Å². The summed E-state index contributed by atoms with van der Waals surface area (Å²) in [6.07, 6.45) is 0. The standard InChI is InChI=1S/C23H27N3O6S2/c1-24(2)34(30,31)17-7-5-16(6-8-17)21(27)19-20(18-4-3-15-33-18)26(23(29)22(19)28)10-9-25-11-13-32-14-12-25/h3-8,15,20,27H,9-14H2,1-2H3/t20-/m0/s1. The molecule has 4 rings (SSSR count). The number of aliphatic hydroxyl groups excluding tert-OH is 1. The molecule has 1 aromatic heterocycles. The summed E-state index contributed by atoms with van der Waals surface area (Å²) in [4.78, 5) is 30.6. The highest BCUT2D eigenvalue weighted by atomic mass is 32.2. The Morgan fingerprint density at radius 1 is 1.12 bits per heavy atom. The lowest BCUT2D eigenvalue weighted by molar-refractivity contribution is -0.140. The predicted molar refractivity (Wildman–Crippen MR) is 128 cm³/mol. The zero-order valence-electron chi connectivity index (χ0n) is 19.0. The summed E-state index contributed by atoms with van der Waals surface area (Å²) in [5.41, 5.74) is 0.281. The zero-order valence-corrected chi connectivity index (χ0v) is 20.6. The van der Waals surface area contributed by atoms with Crippen LogP contribution in [0, 0.1) is 0 Å². The number of carbonyl (C=O) groups is 2. The molecule has 1 N–H and O–H groups in total. The monoisotopic (exact) mass is 505 g/mol. The minimum atomic E-state index is -3.64. The second kappa shape index (κ2) is 9.96. The summed E-state index contributed by atoms with van der Waals surface area (Å²) in [5, 5.41) is 13.0. The molecular weight excluding hydrogens is 478 g/mol. The van der Waals surface area contributed by atoms with Gasteiger partial charge in [-0.15, -0.1) is 11.3 Å². The fourth-order valence-corrected chi connectivity index (χ4v) is 5.83. The summed E-state index contributed by atoms with van der Waals surface area (Å²) in [6, 6.07) is 8.60. The Balaban J connectivity index is 1.68. The van der Waals surface area contributed by atoms with Crippen molar-refractivity contribution in [2.24, 2.45) is 0 Å². The highest BCUT2D eigenvalue weighted by Gasteiger charge is 2.46. The average molecular weight is 506 g/mol. The smallest absolute Gasteiger partial charge is 0.295 e. The predicted octanol–water partition coefficient (Wildman–Crippen LogP) is 1.75. The normalized spacial score (nSPS) is 21.5. The number of morpholine rings is 1. The molecule has 0 spiro atoms. The molecular formula is C23H27N3O6S2. The van der Waals surface area contributed by atoms with Crippen LogP contribution in [0.15, 0.2) is 52.2 Å². The number of benzene rings is 1. The van der Waals surface area contributed by atoms with Crippen molar-refractivity contribution in [2.75, 3.05) is 53.5 Å². The number of rotatable bonds is 7. The molecule has 2 aromatic rings. The van der Waals surface area contributed by atoms with Gasteiger partial charge in [-0.1, -0.05) is 6.07 Å². The Morgan fingerprint density at radius 3 is 2.38 bits per heavy atom. The molecule has 0 radical (unpaired) electrons. The molecule has 0 unspecified atom stereocenters. The third kappa shape index (κ3) is 4.66. The minimum absolute atomic E-state index is 0.0117. The van der Waals surface area contributed by atoms with E-state index in [4.69, 9.17) is 4.74 Å². The number of thiophene rings is 1. The van der Waals surface area contributed by atoms with Gasteiger partial charge in [0.1, 0.15) is 5.76 Å². The maximum atomic E-state index is 13.1. The van der Waals surface area contributed by atoms with E-state index in [1.807, 2.05) is 17.5 Å². The fraction of sp³-hybridized carbons (Fsp3) is 0.391. The van der Waals surface area contributed by atoms with Crippen molar-refractivity contribution in [3.05, 3.63) is 57.8 Å². The maximum absolute atomic E-state index is 13.1. The van der Waals surface area contributed by atoms with Gasteiger partial charge in [-0.25, -0.2) is 12.7 Å². The molecule has 11 heteroatoms. The van der Waals surface area contributed by atoms with Crippen LogP contribution in [0.2, 0.25) is 0 Å². The first kappa shape index (κ1) is 24.6. The maximum Gasteiger partial charge on any atom is 0.295 e. The fourth-order valence-electron chi connectivity index (χ4n) is 4.08. The van der Waals surface area contributed by atoms with Crippen LogP contribution < -0.4 is 0 Å². The molecule has 3 heterocycles. The second-order valence-electron chi connectivity index (χ2n) is 8.27.